The molecule has 8 heteroatoms. The summed E-state index contributed by atoms with van der Waals surface area (Å²) in [7, 11) is 0. The van der Waals surface area contributed by atoms with E-state index in [-0.39, 0.29) is 66.5 Å². The topological polar surface area (TPSA) is 105 Å². The van der Waals surface area contributed by atoms with Gasteiger partial charge in [-0.15, -0.1) is 0 Å². The minimum Gasteiger partial charge on any atom is -0.550 e. The zero-order valence-corrected chi connectivity index (χ0v) is 16.1. The van der Waals surface area contributed by atoms with Gasteiger partial charge in [0.15, 0.2) is 0 Å². The molecule has 0 aromatic rings. The van der Waals surface area contributed by atoms with Gasteiger partial charge in [-0.3, -0.25) is 4.79 Å². The molecule has 0 unspecified atom stereocenters. The molecule has 1 saturated carbocycles. The van der Waals surface area contributed by atoms with Crippen LogP contribution in [0.5, 0.6) is 0 Å². The summed E-state index contributed by atoms with van der Waals surface area (Å²) in [6.45, 7) is 3.98. The van der Waals surface area contributed by atoms with Crippen LogP contribution in [0.1, 0.15) is 39.5 Å². The fraction of sp³-hybridized carbons (Fsp3) is 0.800. The van der Waals surface area contributed by atoms with Crippen LogP contribution in [0.2, 0.25) is 0 Å². The Hall–Kier alpha value is -0.790. The molecule has 1 amide bonds. The van der Waals surface area contributed by atoms with Crippen molar-refractivity contribution in [2.24, 2.45) is 17.8 Å². The minimum atomic E-state index is -0.984. The number of carbonyl (C=O) groups excluding carboxylic acids is 3. The molecule has 1 fully saturated rings. The number of carboxylic acids is 1. The van der Waals surface area contributed by atoms with Gasteiger partial charge in [0.1, 0.15) is 13.2 Å². The van der Waals surface area contributed by atoms with Gasteiger partial charge >= 0.3 is 41.6 Å². The Bertz CT molecular complexity index is 393. The predicted molar refractivity (Wildman–Crippen MR) is 75.6 cm³/mol. The molecule has 0 bridgehead atoms. The molecule has 0 aromatic heterocycles. The van der Waals surface area contributed by atoms with Crippen molar-refractivity contribution in [3.8, 4) is 0 Å². The molecule has 0 spiro atoms. The maximum atomic E-state index is 11.5. The first-order valence-electron chi connectivity index (χ1n) is 7.68. The van der Waals surface area contributed by atoms with Crippen LogP contribution < -0.4 is 40.0 Å². The first kappa shape index (κ1) is 22.2. The van der Waals surface area contributed by atoms with Gasteiger partial charge in [-0.2, -0.15) is 0 Å². The van der Waals surface area contributed by atoms with E-state index < -0.39 is 12.1 Å². The molecule has 0 heterocycles. The molecule has 0 aliphatic heterocycles. The zero-order chi connectivity index (χ0) is 16.5. The van der Waals surface area contributed by atoms with Gasteiger partial charge < -0.3 is 24.7 Å². The summed E-state index contributed by atoms with van der Waals surface area (Å²) in [4.78, 5) is 33.4. The van der Waals surface area contributed by atoms with Crippen LogP contribution in [0.25, 0.3) is 0 Å². The van der Waals surface area contributed by atoms with Crippen molar-refractivity contribution in [3.63, 3.8) is 0 Å². The number of rotatable bonds is 7. The van der Waals surface area contributed by atoms with Crippen LogP contribution in [0.15, 0.2) is 0 Å². The second-order valence-electron chi connectivity index (χ2n) is 5.88. The maximum Gasteiger partial charge on any atom is 1.00 e. The Morgan fingerprint density at radius 3 is 2.17 bits per heavy atom. The number of amides is 1. The maximum absolute atomic E-state index is 11.5. The summed E-state index contributed by atoms with van der Waals surface area (Å²) < 4.78 is 9.77. The Morgan fingerprint density at radius 2 is 1.65 bits per heavy atom. The predicted octanol–water partition coefficient (Wildman–Crippen LogP) is -2.53. The Labute approximate surface area is 158 Å². The number of carbonyl (C=O) groups is 3. The molecule has 1 aliphatic rings. The van der Waals surface area contributed by atoms with Crippen molar-refractivity contribution in [2.45, 2.75) is 39.5 Å². The molecule has 0 radical (unpaired) electrons. The molecule has 1 N–H and O–H groups in total. The number of nitrogens with one attached hydrogen (secondary N) is 1. The molecule has 0 aromatic carbocycles. The zero-order valence-electron chi connectivity index (χ0n) is 14.1. The van der Waals surface area contributed by atoms with Gasteiger partial charge in [-0.25, -0.2) is 4.79 Å². The molecule has 0 atom stereocenters. The van der Waals surface area contributed by atoms with E-state index in [1.54, 1.807) is 13.8 Å². The van der Waals surface area contributed by atoms with Crippen molar-refractivity contribution < 1.29 is 58.5 Å². The van der Waals surface area contributed by atoms with E-state index in [9.17, 15) is 19.5 Å². The quantitative estimate of drug-likeness (QED) is 0.312. The van der Waals surface area contributed by atoms with Crippen molar-refractivity contribution in [2.75, 3.05) is 19.8 Å². The van der Waals surface area contributed by atoms with Crippen LogP contribution in [0.4, 0.5) is 4.79 Å². The Morgan fingerprint density at radius 1 is 1.09 bits per heavy atom. The van der Waals surface area contributed by atoms with Gasteiger partial charge in [-0.05, 0) is 37.5 Å². The van der Waals surface area contributed by atoms with E-state index in [1.165, 1.54) is 0 Å². The average Bonchev–Trinajstić information content (AvgIpc) is 2.49. The summed E-state index contributed by atoms with van der Waals surface area (Å²) >= 11 is 0. The minimum absolute atomic E-state index is 0. The van der Waals surface area contributed by atoms with Crippen molar-refractivity contribution in [1.29, 1.82) is 0 Å². The van der Waals surface area contributed by atoms with Crippen molar-refractivity contribution in [3.05, 3.63) is 0 Å². The first-order chi connectivity index (χ1) is 10.4. The molecule has 1 aliphatic carbocycles. The van der Waals surface area contributed by atoms with Crippen LogP contribution >= 0.6 is 0 Å². The van der Waals surface area contributed by atoms with Crippen LogP contribution in [-0.2, 0) is 19.1 Å². The smallest absolute Gasteiger partial charge is 0.550 e. The largest absolute Gasteiger partial charge is 1.00 e. The monoisotopic (exact) mass is 337 g/mol. The van der Waals surface area contributed by atoms with Crippen LogP contribution in [-0.4, -0.2) is 37.8 Å². The molecular weight excluding hydrogens is 313 g/mol. The second-order valence-corrected chi connectivity index (χ2v) is 5.88. The van der Waals surface area contributed by atoms with Gasteiger partial charge in [0.05, 0.1) is 5.92 Å². The summed E-state index contributed by atoms with van der Waals surface area (Å²) in [5, 5.41) is 13.4. The summed E-state index contributed by atoms with van der Waals surface area (Å²) in [5.41, 5.74) is 0. The van der Waals surface area contributed by atoms with Gasteiger partial charge in [0.25, 0.3) is 0 Å². The molecule has 0 saturated heterocycles. The summed E-state index contributed by atoms with van der Waals surface area (Å²) in [6.07, 6.45) is 2.14. The normalized spacial score (nSPS) is 20.3. The third kappa shape index (κ3) is 9.17. The number of hydrogen-bond donors (Lipinski definition) is 1. The van der Waals surface area contributed by atoms with Crippen molar-refractivity contribution in [1.82, 2.24) is 5.32 Å². The van der Waals surface area contributed by atoms with E-state index >= 15 is 0 Å². The number of hydrogen-bond acceptors (Lipinski definition) is 6. The van der Waals surface area contributed by atoms with Gasteiger partial charge in [0, 0.05) is 12.5 Å². The Kier molecular flexibility index (Phi) is 11.3. The fourth-order valence-corrected chi connectivity index (χ4v) is 2.32. The summed E-state index contributed by atoms with van der Waals surface area (Å²) in [5.74, 6) is -1.61. The fourth-order valence-electron chi connectivity index (χ4n) is 2.32. The molecular formula is C15H24NNaO6. The SMILES string of the molecule is CC(C)C(=O)OCCOC(=O)NC[C@H]1CC[C@H](C(=O)[O-])CC1.[Na+]. The first-order valence-corrected chi connectivity index (χ1v) is 7.68. The number of ether oxygens (including phenoxy) is 2. The van der Waals surface area contributed by atoms with Gasteiger partial charge in [-0.1, -0.05) is 13.8 Å². The number of alkyl carbamates (subject to hydrolysis) is 1. The molecule has 7 nitrogen and oxygen atoms in total. The van der Waals surface area contributed by atoms with Crippen LogP contribution in [0, 0.1) is 17.8 Å². The van der Waals surface area contributed by atoms with Crippen molar-refractivity contribution >= 4 is 18.0 Å². The Balaban J connectivity index is 0.00000484. The molecule has 1 rings (SSSR count). The third-order valence-corrected chi connectivity index (χ3v) is 3.75. The molecule has 126 valence electrons. The number of carboxylic acid groups (broad SMARTS) is 1. The van der Waals surface area contributed by atoms with E-state index in [1.807, 2.05) is 0 Å². The molecule has 23 heavy (non-hydrogen) atoms. The number of esters is 1. The summed E-state index contributed by atoms with van der Waals surface area (Å²) in [6, 6.07) is 0. The second kappa shape index (κ2) is 11.7. The van der Waals surface area contributed by atoms with Crippen LogP contribution in [0.3, 0.4) is 0 Å². The van der Waals surface area contributed by atoms with E-state index in [2.05, 4.69) is 5.32 Å². The number of aliphatic carboxylic acids is 1. The standard InChI is InChI=1S/C15H25NO6.Na/c1-10(2)14(19)21-7-8-22-15(20)16-9-11-3-5-12(6-4-11)13(17)18;/h10-12H,3-9H2,1-2H3,(H,16,20)(H,17,18);/q;+1/p-1/t11-,12-;. The van der Waals surface area contributed by atoms with E-state index in [0.717, 1.165) is 12.8 Å². The van der Waals surface area contributed by atoms with E-state index in [0.29, 0.717) is 19.4 Å². The average molecular weight is 337 g/mol. The third-order valence-electron chi connectivity index (χ3n) is 3.75. The van der Waals surface area contributed by atoms with E-state index in [4.69, 9.17) is 9.47 Å². The van der Waals surface area contributed by atoms with Gasteiger partial charge in [0.2, 0.25) is 0 Å².